The van der Waals surface area contributed by atoms with Gasteiger partial charge in [0.05, 0.1) is 24.0 Å². The van der Waals surface area contributed by atoms with Gasteiger partial charge in [0.1, 0.15) is 29.9 Å². The predicted molar refractivity (Wildman–Crippen MR) is 151 cm³/mol. The van der Waals surface area contributed by atoms with E-state index in [4.69, 9.17) is 4.74 Å². The third-order valence-corrected chi connectivity index (χ3v) is 4.92. The fourth-order valence-corrected chi connectivity index (χ4v) is 3.44. The maximum Gasteiger partial charge on any atom is 0.323 e. The Balaban J connectivity index is 2.02. The number of methoxy groups -OCH3 is 1. The molecule has 12 nitrogen and oxygen atoms in total. The number of carbonyl (C=O) groups is 2. The lowest BCUT2D eigenvalue weighted by Gasteiger charge is -2.22. The van der Waals surface area contributed by atoms with E-state index in [-0.39, 0.29) is 11.5 Å². The van der Waals surface area contributed by atoms with E-state index in [1.54, 1.807) is 37.2 Å². The lowest BCUT2D eigenvalue weighted by atomic mass is 9.49. The van der Waals surface area contributed by atoms with Crippen molar-refractivity contribution in [3.8, 4) is 17.1 Å². The molecule has 15 heteroatoms. The number of hydrogen-bond acceptors (Lipinski definition) is 8. The number of urea groups is 1. The fourth-order valence-electron chi connectivity index (χ4n) is 3.44. The van der Waals surface area contributed by atoms with E-state index in [2.05, 4.69) is 42.8 Å². The summed E-state index contributed by atoms with van der Waals surface area (Å²) in [4.78, 5) is 31.4. The van der Waals surface area contributed by atoms with Gasteiger partial charge in [0.15, 0.2) is 23.1 Å². The molecule has 3 aromatic rings. The largest absolute Gasteiger partial charge is 0.494 e. The molecular formula is C22H30B3N9O3. The van der Waals surface area contributed by atoms with Crippen LogP contribution in [0.4, 0.5) is 22.0 Å². The normalized spacial score (nSPS) is 10.9. The Morgan fingerprint density at radius 3 is 2.54 bits per heavy atom. The van der Waals surface area contributed by atoms with Gasteiger partial charge in [-0.15, -0.1) is 10.2 Å². The maximum atomic E-state index is 13.1. The number of ether oxygens (including phenoxy) is 1. The minimum Gasteiger partial charge on any atom is -0.494 e. The van der Waals surface area contributed by atoms with Gasteiger partial charge in [0, 0.05) is 26.7 Å². The van der Waals surface area contributed by atoms with Crippen LogP contribution in [0.15, 0.2) is 42.7 Å². The predicted octanol–water partition coefficient (Wildman–Crippen LogP) is -0.695. The highest BCUT2D eigenvalue weighted by Crippen LogP contribution is 2.37. The number of hydrogen-bond donors (Lipinski definition) is 3. The van der Waals surface area contributed by atoms with E-state index in [0.29, 0.717) is 35.1 Å². The lowest BCUT2D eigenvalue weighted by molar-refractivity contribution is 0.0947. The molecule has 0 aliphatic heterocycles. The van der Waals surface area contributed by atoms with Gasteiger partial charge in [-0.3, -0.25) is 14.8 Å². The molecule has 0 atom stereocenters. The molecule has 3 N–H and O–H groups in total. The monoisotopic (exact) mass is 501 g/mol. The number of nitrogens with zero attached hydrogens (tertiary/aromatic N) is 6. The molecule has 0 saturated heterocycles. The molecule has 0 saturated carbocycles. The quantitative estimate of drug-likeness (QED) is 0.259. The van der Waals surface area contributed by atoms with E-state index in [1.165, 1.54) is 12.0 Å². The highest BCUT2D eigenvalue weighted by atomic mass is 16.5. The Bertz CT molecular complexity index is 1320. The molecule has 3 rings (SSSR count). The number of para-hydroxylation sites is 1. The van der Waals surface area contributed by atoms with Crippen LogP contribution < -0.4 is 20.7 Å². The van der Waals surface area contributed by atoms with Crippen molar-refractivity contribution in [1.82, 2.24) is 35.2 Å². The first-order valence-corrected chi connectivity index (χ1v) is 11.5. The number of likely N-dealkylation sites (N-methyl/N-ethyl adjacent to an activating group) is 1. The van der Waals surface area contributed by atoms with Crippen LogP contribution in [0.3, 0.4) is 0 Å². The molecule has 0 bridgehead atoms. The number of nitrogens with one attached hydrogen (secondary N) is 3. The SMILES string of the molecule is BC(B)(B)NC(=O)c1nnc(NC(=O)N(C)CC(=C)C)cc1Nc1cccc(-c2ncn(C)n2)c1OC. The number of aryl methyl sites for hydroxylation is 1. The number of carbonyl (C=O) groups excluding carboxylic acids is 2. The van der Waals surface area contributed by atoms with Gasteiger partial charge < -0.3 is 20.3 Å². The summed E-state index contributed by atoms with van der Waals surface area (Å²) in [6.07, 6.45) is 1.59. The Hall–Kier alpha value is -4.29. The minimum absolute atomic E-state index is 0.0478. The zero-order chi connectivity index (χ0) is 27.3. The first-order valence-electron chi connectivity index (χ1n) is 11.5. The standard InChI is InChI=1S/C22H30B3N9O3/c1-12(2)10-33(3)21(36)28-16-9-15(17(31-30-16)20(35)29-22(23,24)25)27-14-8-6-7-13(18(14)37-5)19-26-11-34(4)32-19/h6-9,11H,1,10,23-25H2,2-5H3,(H,29,35)(H2,27,28,30,36). The molecule has 3 amide bonds. The van der Waals surface area contributed by atoms with Crippen LogP contribution in [0, 0.1) is 0 Å². The number of anilines is 3. The fraction of sp³-hybridized carbons (Fsp3) is 0.273. The van der Waals surface area contributed by atoms with Gasteiger partial charge in [-0.2, -0.15) is 5.10 Å². The van der Waals surface area contributed by atoms with Crippen LogP contribution in [0.1, 0.15) is 17.4 Å². The molecule has 190 valence electrons. The summed E-state index contributed by atoms with van der Waals surface area (Å²) in [7, 11) is 10.5. The summed E-state index contributed by atoms with van der Waals surface area (Å²) in [5.41, 5.74) is 2.40. The summed E-state index contributed by atoms with van der Waals surface area (Å²) in [6, 6.07) is 6.59. The van der Waals surface area contributed by atoms with Gasteiger partial charge in [-0.25, -0.2) is 9.78 Å². The average Bonchev–Trinajstić information content (AvgIpc) is 3.23. The van der Waals surface area contributed by atoms with Crippen LogP contribution in [-0.2, 0) is 7.05 Å². The second kappa shape index (κ2) is 11.2. The molecule has 2 aromatic heterocycles. The number of rotatable bonds is 9. The van der Waals surface area contributed by atoms with Gasteiger partial charge in [0.25, 0.3) is 5.91 Å². The van der Waals surface area contributed by atoms with E-state index in [9.17, 15) is 9.59 Å². The Morgan fingerprint density at radius 2 is 1.95 bits per heavy atom. The van der Waals surface area contributed by atoms with E-state index < -0.39 is 17.2 Å². The maximum absolute atomic E-state index is 13.1. The van der Waals surface area contributed by atoms with Crippen LogP contribution in [0.2, 0.25) is 0 Å². The number of amides is 3. The smallest absolute Gasteiger partial charge is 0.323 e. The molecule has 1 aromatic carbocycles. The lowest BCUT2D eigenvalue weighted by Crippen LogP contribution is -2.50. The summed E-state index contributed by atoms with van der Waals surface area (Å²) >= 11 is 0. The van der Waals surface area contributed by atoms with Gasteiger partial charge >= 0.3 is 6.03 Å². The van der Waals surface area contributed by atoms with Crippen LogP contribution in [0.5, 0.6) is 5.75 Å². The third kappa shape index (κ3) is 7.12. The van der Waals surface area contributed by atoms with Crippen LogP contribution in [-0.4, -0.2) is 91.3 Å². The first-order chi connectivity index (χ1) is 17.4. The summed E-state index contributed by atoms with van der Waals surface area (Å²) in [6.45, 7) is 6.03. The summed E-state index contributed by atoms with van der Waals surface area (Å²) < 4.78 is 7.28. The van der Waals surface area contributed by atoms with Crippen molar-refractivity contribution in [2.24, 2.45) is 7.05 Å². The van der Waals surface area contributed by atoms with Crippen molar-refractivity contribution in [1.29, 1.82) is 0 Å². The Morgan fingerprint density at radius 1 is 1.22 bits per heavy atom. The van der Waals surface area contributed by atoms with Crippen molar-refractivity contribution in [3.63, 3.8) is 0 Å². The zero-order valence-electron chi connectivity index (χ0n) is 22.2. The summed E-state index contributed by atoms with van der Waals surface area (Å²) in [5.74, 6) is 0.686. The third-order valence-electron chi connectivity index (χ3n) is 4.92. The number of benzene rings is 1. The van der Waals surface area contributed by atoms with Crippen molar-refractivity contribution in [3.05, 3.63) is 48.4 Å². The van der Waals surface area contributed by atoms with E-state index >= 15 is 0 Å². The second-order valence-corrected chi connectivity index (χ2v) is 9.69. The van der Waals surface area contributed by atoms with Gasteiger partial charge in [-0.1, -0.05) is 18.2 Å². The minimum atomic E-state index is -0.504. The van der Waals surface area contributed by atoms with Crippen molar-refractivity contribution in [2.75, 3.05) is 31.3 Å². The van der Waals surface area contributed by atoms with Gasteiger partial charge in [0.2, 0.25) is 0 Å². The second-order valence-electron chi connectivity index (χ2n) is 9.69. The Kier molecular flexibility index (Phi) is 8.26. The van der Waals surface area contributed by atoms with E-state index in [1.807, 2.05) is 42.6 Å². The van der Waals surface area contributed by atoms with Crippen LogP contribution in [0.25, 0.3) is 11.4 Å². The van der Waals surface area contributed by atoms with Crippen molar-refractivity contribution < 1.29 is 14.3 Å². The Labute approximate surface area is 218 Å². The highest BCUT2D eigenvalue weighted by Gasteiger charge is 2.23. The number of aromatic nitrogens is 5. The average molecular weight is 501 g/mol. The summed E-state index contributed by atoms with van der Waals surface area (Å²) in [5, 5.41) is 20.9. The molecule has 2 heterocycles. The molecule has 0 unspecified atom stereocenters. The molecule has 0 aliphatic rings. The first kappa shape index (κ1) is 27.3. The zero-order valence-corrected chi connectivity index (χ0v) is 22.2. The van der Waals surface area contributed by atoms with Crippen molar-refractivity contribution >= 4 is 52.7 Å². The molecule has 0 aliphatic carbocycles. The molecular weight excluding hydrogens is 471 g/mol. The van der Waals surface area contributed by atoms with Crippen LogP contribution >= 0.6 is 0 Å². The molecule has 0 fully saturated rings. The van der Waals surface area contributed by atoms with Gasteiger partial charge in [-0.05, 0) is 24.3 Å². The molecule has 0 spiro atoms. The molecule has 37 heavy (non-hydrogen) atoms. The topological polar surface area (TPSA) is 139 Å². The highest BCUT2D eigenvalue weighted by molar-refractivity contribution is 6.60. The van der Waals surface area contributed by atoms with Crippen molar-refractivity contribution in [2.45, 2.75) is 12.2 Å². The molecule has 0 radical (unpaired) electrons. The van der Waals surface area contributed by atoms with E-state index in [0.717, 1.165) is 5.57 Å².